The van der Waals surface area contributed by atoms with E-state index in [1.54, 1.807) is 7.11 Å². The Hall–Kier alpha value is -2.55. The van der Waals surface area contributed by atoms with Gasteiger partial charge in [0.1, 0.15) is 5.75 Å². The summed E-state index contributed by atoms with van der Waals surface area (Å²) in [7, 11) is 1.67. The number of aryl methyl sites for hydroxylation is 1. The summed E-state index contributed by atoms with van der Waals surface area (Å²) in [4.78, 5) is 0. The maximum atomic E-state index is 5.20. The molecule has 29 heavy (non-hydrogen) atoms. The number of hydrazone groups is 1. The monoisotopic (exact) mass is 390 g/mol. The second-order valence-electron chi connectivity index (χ2n) is 9.30. The van der Waals surface area contributed by atoms with Crippen LogP contribution in [0.15, 0.2) is 48.1 Å². The zero-order chi connectivity index (χ0) is 21.2. The lowest BCUT2D eigenvalue weighted by molar-refractivity contribution is 0.331. The van der Waals surface area contributed by atoms with Gasteiger partial charge in [-0.3, -0.25) is 5.43 Å². The Morgan fingerprint density at radius 1 is 1.07 bits per heavy atom. The van der Waals surface area contributed by atoms with Crippen molar-refractivity contribution in [3.8, 4) is 5.75 Å². The van der Waals surface area contributed by atoms with Crippen molar-refractivity contribution in [2.24, 2.45) is 5.10 Å². The molecule has 0 radical (unpaired) electrons. The van der Waals surface area contributed by atoms with Gasteiger partial charge in [0.05, 0.1) is 19.0 Å². The Bertz CT molecular complexity index is 920. The summed E-state index contributed by atoms with van der Waals surface area (Å²) in [6.07, 6.45) is 5.21. The van der Waals surface area contributed by atoms with Crippen LogP contribution in [0.2, 0.25) is 0 Å². The first-order chi connectivity index (χ1) is 13.7. The first kappa shape index (κ1) is 21.2. The minimum atomic E-state index is 0.179. The Morgan fingerprint density at radius 2 is 1.66 bits per heavy atom. The molecule has 0 fully saturated rings. The van der Waals surface area contributed by atoms with Gasteiger partial charge in [0.25, 0.3) is 0 Å². The molecular weight excluding hydrogens is 356 g/mol. The molecule has 0 spiro atoms. The molecular formula is C26H34N2O. The van der Waals surface area contributed by atoms with Crippen molar-refractivity contribution in [1.29, 1.82) is 0 Å². The summed E-state index contributed by atoms with van der Waals surface area (Å²) in [6, 6.07) is 12.6. The van der Waals surface area contributed by atoms with Gasteiger partial charge in [0, 0.05) is 5.56 Å². The third-order valence-corrected chi connectivity index (χ3v) is 6.31. The summed E-state index contributed by atoms with van der Waals surface area (Å²) >= 11 is 0. The van der Waals surface area contributed by atoms with Crippen molar-refractivity contribution in [3.05, 3.63) is 70.8 Å². The highest BCUT2D eigenvalue weighted by molar-refractivity contribution is 5.80. The standard InChI is InChI=1S/C26H34N2O/c1-8-20-15-23-24(26(5,6)14-13-25(23,3)4)16-22(20)18(2)28-27-17-19-9-11-21(29-7)12-10-19/h9-12,15-17,28H,2,8,13-14H2,1,3-7H3/b27-17-. The molecule has 0 aromatic heterocycles. The molecule has 2 aromatic carbocycles. The van der Waals surface area contributed by atoms with Gasteiger partial charge in [-0.1, -0.05) is 47.3 Å². The molecule has 1 aliphatic rings. The van der Waals surface area contributed by atoms with Crippen LogP contribution < -0.4 is 10.2 Å². The molecule has 3 heteroatoms. The lowest BCUT2D eigenvalue weighted by Gasteiger charge is -2.42. The maximum Gasteiger partial charge on any atom is 0.118 e. The van der Waals surface area contributed by atoms with Gasteiger partial charge in [-0.15, -0.1) is 0 Å². The third kappa shape index (κ3) is 4.39. The SMILES string of the molecule is C=C(N/N=C\c1ccc(OC)cc1)c1cc2c(cc1CC)C(C)(C)CCC2(C)C. The summed E-state index contributed by atoms with van der Waals surface area (Å²) in [6.45, 7) is 15.9. The molecule has 1 N–H and O–H groups in total. The predicted molar refractivity (Wildman–Crippen MR) is 124 cm³/mol. The molecule has 0 aliphatic heterocycles. The number of fused-ring (bicyclic) bond motifs is 1. The van der Waals surface area contributed by atoms with Gasteiger partial charge >= 0.3 is 0 Å². The molecule has 2 aromatic rings. The fraction of sp³-hybridized carbons (Fsp3) is 0.423. The van der Waals surface area contributed by atoms with Crippen LogP contribution in [0.5, 0.6) is 5.75 Å². The smallest absolute Gasteiger partial charge is 0.118 e. The van der Waals surface area contributed by atoms with Crippen LogP contribution in [0.1, 0.15) is 75.3 Å². The summed E-state index contributed by atoms with van der Waals surface area (Å²) in [5, 5.41) is 4.41. The highest BCUT2D eigenvalue weighted by Gasteiger charge is 2.37. The first-order valence-corrected chi connectivity index (χ1v) is 10.5. The summed E-state index contributed by atoms with van der Waals surface area (Å²) in [5.41, 5.74) is 10.8. The van der Waals surface area contributed by atoms with Crippen LogP contribution in [-0.2, 0) is 17.3 Å². The van der Waals surface area contributed by atoms with Crippen molar-refractivity contribution in [2.75, 3.05) is 7.11 Å². The van der Waals surface area contributed by atoms with E-state index in [4.69, 9.17) is 4.74 Å². The number of nitrogens with zero attached hydrogens (tertiary/aromatic N) is 1. The highest BCUT2D eigenvalue weighted by Crippen LogP contribution is 2.47. The van der Waals surface area contributed by atoms with Crippen LogP contribution in [0.3, 0.4) is 0 Å². The van der Waals surface area contributed by atoms with Crippen molar-refractivity contribution < 1.29 is 4.74 Å². The second-order valence-corrected chi connectivity index (χ2v) is 9.30. The van der Waals surface area contributed by atoms with E-state index >= 15 is 0 Å². The van der Waals surface area contributed by atoms with E-state index in [9.17, 15) is 0 Å². The number of methoxy groups -OCH3 is 1. The molecule has 0 unspecified atom stereocenters. The van der Waals surface area contributed by atoms with E-state index in [2.05, 4.69) is 63.9 Å². The van der Waals surface area contributed by atoms with E-state index in [0.29, 0.717) is 0 Å². The van der Waals surface area contributed by atoms with Gasteiger partial charge < -0.3 is 4.74 Å². The molecule has 1 aliphatic carbocycles. The van der Waals surface area contributed by atoms with Crippen LogP contribution in [0, 0.1) is 0 Å². The Labute approximate surface area is 175 Å². The van der Waals surface area contributed by atoms with Crippen LogP contribution in [-0.4, -0.2) is 13.3 Å². The number of benzene rings is 2. The number of rotatable bonds is 6. The molecule has 0 saturated heterocycles. The lowest BCUT2D eigenvalue weighted by Crippen LogP contribution is -2.34. The third-order valence-electron chi connectivity index (χ3n) is 6.31. The van der Waals surface area contributed by atoms with Crippen molar-refractivity contribution in [1.82, 2.24) is 5.43 Å². The number of hydrogen-bond acceptors (Lipinski definition) is 3. The quantitative estimate of drug-likeness (QED) is 0.470. The van der Waals surface area contributed by atoms with Gasteiger partial charge in [0.15, 0.2) is 0 Å². The predicted octanol–water partition coefficient (Wildman–Crippen LogP) is 6.20. The maximum absolute atomic E-state index is 5.20. The van der Waals surface area contributed by atoms with Crippen molar-refractivity contribution in [3.63, 3.8) is 0 Å². The van der Waals surface area contributed by atoms with Crippen LogP contribution in [0.25, 0.3) is 5.70 Å². The minimum Gasteiger partial charge on any atom is -0.497 e. The second kappa shape index (κ2) is 8.06. The van der Waals surface area contributed by atoms with E-state index in [-0.39, 0.29) is 10.8 Å². The van der Waals surface area contributed by atoms with Gasteiger partial charge in [-0.25, -0.2) is 0 Å². The van der Waals surface area contributed by atoms with E-state index in [0.717, 1.165) is 23.4 Å². The van der Waals surface area contributed by atoms with E-state index < -0.39 is 0 Å². The molecule has 3 rings (SSSR count). The van der Waals surface area contributed by atoms with E-state index in [1.807, 2.05) is 30.5 Å². The van der Waals surface area contributed by atoms with Crippen molar-refractivity contribution >= 4 is 11.9 Å². The fourth-order valence-corrected chi connectivity index (χ4v) is 4.17. The van der Waals surface area contributed by atoms with Gasteiger partial charge in [-0.2, -0.15) is 5.10 Å². The van der Waals surface area contributed by atoms with Crippen LogP contribution >= 0.6 is 0 Å². The average Bonchev–Trinajstić information content (AvgIpc) is 2.71. The van der Waals surface area contributed by atoms with Crippen molar-refractivity contribution in [2.45, 2.75) is 64.7 Å². The Balaban J connectivity index is 1.87. The fourth-order valence-electron chi connectivity index (χ4n) is 4.17. The first-order valence-electron chi connectivity index (χ1n) is 10.5. The lowest BCUT2D eigenvalue weighted by atomic mass is 9.62. The molecule has 154 valence electrons. The van der Waals surface area contributed by atoms with Crippen LogP contribution in [0.4, 0.5) is 0 Å². The highest BCUT2D eigenvalue weighted by atomic mass is 16.5. The molecule has 0 bridgehead atoms. The molecule has 0 amide bonds. The molecule has 3 nitrogen and oxygen atoms in total. The molecule has 0 saturated carbocycles. The molecule has 0 atom stereocenters. The zero-order valence-electron chi connectivity index (χ0n) is 18.7. The minimum absolute atomic E-state index is 0.179. The Kier molecular flexibility index (Phi) is 5.88. The normalized spacial score (nSPS) is 17.0. The topological polar surface area (TPSA) is 33.6 Å². The van der Waals surface area contributed by atoms with Gasteiger partial charge in [0.2, 0.25) is 0 Å². The molecule has 0 heterocycles. The summed E-state index contributed by atoms with van der Waals surface area (Å²) < 4.78 is 5.20. The average molecular weight is 391 g/mol. The summed E-state index contributed by atoms with van der Waals surface area (Å²) in [5.74, 6) is 0.840. The van der Waals surface area contributed by atoms with Gasteiger partial charge in [-0.05, 0) is 82.7 Å². The Morgan fingerprint density at radius 3 is 2.21 bits per heavy atom. The number of nitrogens with one attached hydrogen (secondary N) is 1. The number of ether oxygens (including phenoxy) is 1. The largest absolute Gasteiger partial charge is 0.497 e. The van der Waals surface area contributed by atoms with E-state index in [1.165, 1.54) is 35.1 Å². The number of hydrogen-bond donors (Lipinski definition) is 1. The zero-order valence-corrected chi connectivity index (χ0v) is 18.7.